The van der Waals surface area contributed by atoms with E-state index in [0.717, 1.165) is 15.7 Å². The van der Waals surface area contributed by atoms with Gasteiger partial charge in [-0.3, -0.25) is 4.98 Å². The van der Waals surface area contributed by atoms with Crippen molar-refractivity contribution in [2.75, 3.05) is 11.9 Å². The molecule has 3 aromatic rings. The molecule has 2 heterocycles. The predicted molar refractivity (Wildman–Crippen MR) is 101 cm³/mol. The van der Waals surface area contributed by atoms with Gasteiger partial charge in [-0.15, -0.1) is 0 Å². The molecule has 5 nitrogen and oxygen atoms in total. The lowest BCUT2D eigenvalue weighted by molar-refractivity contribution is 0.319. The minimum absolute atomic E-state index is 0.528. The number of hydrogen-bond acceptors (Lipinski definition) is 5. The van der Waals surface area contributed by atoms with Crippen LogP contribution < -0.4 is 14.8 Å². The van der Waals surface area contributed by atoms with Crippen LogP contribution in [0.15, 0.2) is 65.5 Å². The van der Waals surface area contributed by atoms with Crippen molar-refractivity contribution in [2.24, 2.45) is 0 Å². The monoisotopic (exact) mass is 399 g/mol. The first-order valence-electron chi connectivity index (χ1n) is 7.93. The fraction of sp³-hybridized carbons (Fsp3) is 0.158. The van der Waals surface area contributed by atoms with E-state index in [1.54, 1.807) is 18.6 Å². The number of nitrogens with one attached hydrogen (secondary N) is 1. The number of halogens is 1. The van der Waals surface area contributed by atoms with Crippen LogP contribution in [0.25, 0.3) is 0 Å². The Bertz CT molecular complexity index is 825. The third-order valence-corrected chi connectivity index (χ3v) is 3.80. The molecular formula is C19H18BrN3O2. The zero-order chi connectivity index (χ0) is 17.5. The molecule has 25 heavy (non-hydrogen) atoms. The van der Waals surface area contributed by atoms with E-state index in [2.05, 4.69) is 31.2 Å². The van der Waals surface area contributed by atoms with E-state index in [1.807, 2.05) is 49.4 Å². The normalized spacial score (nSPS) is 10.3. The zero-order valence-corrected chi connectivity index (χ0v) is 15.4. The SMILES string of the molecule is CCOc1ccccc1Oc1ccc(CNc2cncc(Br)c2)cn1. The highest BCUT2D eigenvalue weighted by Gasteiger charge is 2.06. The largest absolute Gasteiger partial charge is 0.490 e. The van der Waals surface area contributed by atoms with Gasteiger partial charge in [-0.1, -0.05) is 18.2 Å². The van der Waals surface area contributed by atoms with E-state index >= 15 is 0 Å². The molecule has 0 unspecified atom stereocenters. The van der Waals surface area contributed by atoms with Gasteiger partial charge in [-0.2, -0.15) is 0 Å². The Labute approximate surface area is 155 Å². The van der Waals surface area contributed by atoms with E-state index in [0.29, 0.717) is 30.5 Å². The molecule has 1 aromatic carbocycles. The maximum Gasteiger partial charge on any atom is 0.219 e. The standard InChI is InChI=1S/C19H18BrN3O2/c1-2-24-17-5-3-4-6-18(17)25-19-8-7-14(11-23-19)10-22-16-9-15(20)12-21-13-16/h3-9,11-13,22H,2,10H2,1H3. The van der Waals surface area contributed by atoms with Crippen molar-refractivity contribution in [3.8, 4) is 17.4 Å². The van der Waals surface area contributed by atoms with E-state index in [1.165, 1.54) is 0 Å². The summed E-state index contributed by atoms with van der Waals surface area (Å²) in [5.74, 6) is 1.89. The smallest absolute Gasteiger partial charge is 0.219 e. The van der Waals surface area contributed by atoms with Crippen molar-refractivity contribution >= 4 is 21.6 Å². The molecule has 0 aliphatic rings. The predicted octanol–water partition coefficient (Wildman–Crippen LogP) is 5.04. The summed E-state index contributed by atoms with van der Waals surface area (Å²) in [5.41, 5.74) is 1.99. The summed E-state index contributed by atoms with van der Waals surface area (Å²) in [6, 6.07) is 13.4. The lowest BCUT2D eigenvalue weighted by Crippen LogP contribution is -2.01. The molecule has 128 valence electrons. The van der Waals surface area contributed by atoms with Crippen molar-refractivity contribution in [3.05, 3.63) is 71.1 Å². The number of pyridine rings is 2. The van der Waals surface area contributed by atoms with Crippen molar-refractivity contribution in [2.45, 2.75) is 13.5 Å². The van der Waals surface area contributed by atoms with Gasteiger partial charge in [0, 0.05) is 29.5 Å². The first kappa shape index (κ1) is 17.2. The number of aromatic nitrogens is 2. The maximum atomic E-state index is 5.82. The van der Waals surface area contributed by atoms with Crippen LogP contribution in [-0.2, 0) is 6.54 Å². The molecule has 0 spiro atoms. The van der Waals surface area contributed by atoms with Gasteiger partial charge >= 0.3 is 0 Å². The van der Waals surface area contributed by atoms with Crippen molar-refractivity contribution < 1.29 is 9.47 Å². The second-order valence-corrected chi connectivity index (χ2v) is 6.15. The summed E-state index contributed by atoms with van der Waals surface area (Å²) in [6.07, 6.45) is 5.32. The Morgan fingerprint density at radius 3 is 2.60 bits per heavy atom. The molecule has 0 fully saturated rings. The molecule has 0 aliphatic carbocycles. The highest BCUT2D eigenvalue weighted by atomic mass is 79.9. The maximum absolute atomic E-state index is 5.82. The zero-order valence-electron chi connectivity index (χ0n) is 13.8. The van der Waals surface area contributed by atoms with Gasteiger partial charge in [0.05, 0.1) is 18.5 Å². The van der Waals surface area contributed by atoms with Crippen LogP contribution in [-0.4, -0.2) is 16.6 Å². The average molecular weight is 400 g/mol. The molecular weight excluding hydrogens is 382 g/mol. The molecule has 0 bridgehead atoms. The van der Waals surface area contributed by atoms with Gasteiger partial charge in [0.15, 0.2) is 11.5 Å². The van der Waals surface area contributed by atoms with Crippen LogP contribution in [0.4, 0.5) is 5.69 Å². The summed E-state index contributed by atoms with van der Waals surface area (Å²) in [6.45, 7) is 3.18. The summed E-state index contributed by atoms with van der Waals surface area (Å²) >= 11 is 3.40. The number of rotatable bonds is 7. The first-order valence-corrected chi connectivity index (χ1v) is 8.73. The van der Waals surface area contributed by atoms with Crippen molar-refractivity contribution in [1.29, 1.82) is 0 Å². The fourth-order valence-electron chi connectivity index (χ4n) is 2.21. The van der Waals surface area contributed by atoms with Crippen LogP contribution in [0.3, 0.4) is 0 Å². The van der Waals surface area contributed by atoms with Gasteiger partial charge in [0.2, 0.25) is 5.88 Å². The average Bonchev–Trinajstić information content (AvgIpc) is 2.63. The second kappa shape index (κ2) is 8.48. The third kappa shape index (κ3) is 4.93. The minimum Gasteiger partial charge on any atom is -0.490 e. The highest BCUT2D eigenvalue weighted by molar-refractivity contribution is 9.10. The first-order chi connectivity index (χ1) is 12.2. The second-order valence-electron chi connectivity index (χ2n) is 5.23. The Hall–Kier alpha value is -2.60. The van der Waals surface area contributed by atoms with Crippen molar-refractivity contribution in [1.82, 2.24) is 9.97 Å². The van der Waals surface area contributed by atoms with Gasteiger partial charge in [-0.05, 0) is 46.6 Å². The summed E-state index contributed by atoms with van der Waals surface area (Å²) in [7, 11) is 0. The third-order valence-electron chi connectivity index (χ3n) is 3.36. The molecule has 0 atom stereocenters. The van der Waals surface area contributed by atoms with Crippen LogP contribution in [0.2, 0.25) is 0 Å². The van der Waals surface area contributed by atoms with E-state index in [-0.39, 0.29) is 0 Å². The van der Waals surface area contributed by atoms with Crippen LogP contribution in [0.5, 0.6) is 17.4 Å². The number of benzene rings is 1. The Morgan fingerprint density at radius 2 is 1.88 bits per heavy atom. The quantitative estimate of drug-likeness (QED) is 0.602. The number of hydrogen-bond donors (Lipinski definition) is 1. The van der Waals surface area contributed by atoms with E-state index in [4.69, 9.17) is 9.47 Å². The van der Waals surface area contributed by atoms with Crippen LogP contribution in [0.1, 0.15) is 12.5 Å². The van der Waals surface area contributed by atoms with E-state index < -0.39 is 0 Å². The number of nitrogens with zero attached hydrogens (tertiary/aromatic N) is 2. The van der Waals surface area contributed by atoms with E-state index in [9.17, 15) is 0 Å². The van der Waals surface area contributed by atoms with Gasteiger partial charge in [0.1, 0.15) is 0 Å². The van der Waals surface area contributed by atoms with Gasteiger partial charge in [-0.25, -0.2) is 4.98 Å². The minimum atomic E-state index is 0.528. The van der Waals surface area contributed by atoms with Gasteiger partial charge < -0.3 is 14.8 Å². The molecule has 0 saturated heterocycles. The lowest BCUT2D eigenvalue weighted by atomic mass is 10.2. The molecule has 1 N–H and O–H groups in total. The topological polar surface area (TPSA) is 56.3 Å². The summed E-state index contributed by atoms with van der Waals surface area (Å²) < 4.78 is 12.3. The number of para-hydroxylation sites is 2. The lowest BCUT2D eigenvalue weighted by Gasteiger charge is -2.11. The Morgan fingerprint density at radius 1 is 1.04 bits per heavy atom. The molecule has 0 saturated carbocycles. The van der Waals surface area contributed by atoms with Crippen LogP contribution >= 0.6 is 15.9 Å². The molecule has 0 aliphatic heterocycles. The molecule has 0 radical (unpaired) electrons. The molecule has 2 aromatic heterocycles. The molecule has 3 rings (SSSR count). The summed E-state index contributed by atoms with van der Waals surface area (Å²) in [5, 5.41) is 3.30. The number of anilines is 1. The Balaban J connectivity index is 1.62. The fourth-order valence-corrected chi connectivity index (χ4v) is 2.58. The Kier molecular flexibility index (Phi) is 5.85. The summed E-state index contributed by atoms with van der Waals surface area (Å²) in [4.78, 5) is 8.49. The number of ether oxygens (including phenoxy) is 2. The molecule has 0 amide bonds. The van der Waals surface area contributed by atoms with Crippen LogP contribution in [0, 0.1) is 0 Å². The highest BCUT2D eigenvalue weighted by Crippen LogP contribution is 2.30. The van der Waals surface area contributed by atoms with Crippen molar-refractivity contribution in [3.63, 3.8) is 0 Å². The van der Waals surface area contributed by atoms with Gasteiger partial charge in [0.25, 0.3) is 0 Å². The molecule has 6 heteroatoms.